The summed E-state index contributed by atoms with van der Waals surface area (Å²) in [5.41, 5.74) is 3.76. The van der Waals surface area contributed by atoms with E-state index in [4.69, 9.17) is 13.8 Å². The van der Waals surface area contributed by atoms with Crippen LogP contribution in [0.5, 0.6) is 5.75 Å². The van der Waals surface area contributed by atoms with Gasteiger partial charge in [-0.2, -0.15) is 0 Å². The molecule has 7 heteroatoms. The van der Waals surface area contributed by atoms with Gasteiger partial charge in [0, 0.05) is 29.7 Å². The second kappa shape index (κ2) is 7.51. The summed E-state index contributed by atoms with van der Waals surface area (Å²) in [6.45, 7) is 2.26. The third kappa shape index (κ3) is 3.57. The highest BCUT2D eigenvalue weighted by Gasteiger charge is 2.20. The Morgan fingerprint density at radius 1 is 1.00 bits per heavy atom. The molecule has 0 saturated carbocycles. The van der Waals surface area contributed by atoms with E-state index < -0.39 is 0 Å². The minimum Gasteiger partial charge on any atom is -0.490 e. The van der Waals surface area contributed by atoms with E-state index in [9.17, 15) is 4.79 Å². The van der Waals surface area contributed by atoms with Gasteiger partial charge in [-0.15, -0.1) is 0 Å². The molecule has 2 aromatic heterocycles. The first-order valence-electron chi connectivity index (χ1n) is 9.71. The molecule has 0 saturated heterocycles. The van der Waals surface area contributed by atoms with Gasteiger partial charge in [0.25, 0.3) is 5.91 Å². The molecule has 0 bridgehead atoms. The van der Waals surface area contributed by atoms with Crippen LogP contribution in [0, 0.1) is 0 Å². The number of fused-ring (bicyclic) bond motifs is 1. The van der Waals surface area contributed by atoms with Gasteiger partial charge in [0.2, 0.25) is 0 Å². The summed E-state index contributed by atoms with van der Waals surface area (Å²) in [5, 5.41) is 10.7. The number of carbonyl (C=O) groups is 1. The molecule has 1 atom stereocenters. The average molecular weight is 401 g/mol. The van der Waals surface area contributed by atoms with Crippen LogP contribution in [0.4, 0.5) is 0 Å². The quantitative estimate of drug-likeness (QED) is 0.538. The summed E-state index contributed by atoms with van der Waals surface area (Å²) in [7, 11) is 0. The lowest BCUT2D eigenvalue weighted by Crippen LogP contribution is -2.23. The van der Waals surface area contributed by atoms with Crippen molar-refractivity contribution in [3.05, 3.63) is 77.6 Å². The zero-order valence-electron chi connectivity index (χ0n) is 16.3. The molecule has 2 aromatic carbocycles. The van der Waals surface area contributed by atoms with Gasteiger partial charge in [-0.1, -0.05) is 52.8 Å². The Kier molecular flexibility index (Phi) is 4.55. The van der Waals surface area contributed by atoms with Gasteiger partial charge in [-0.05, 0) is 18.6 Å². The minimum absolute atomic E-state index is 0.190. The van der Waals surface area contributed by atoms with Crippen molar-refractivity contribution in [2.45, 2.75) is 26.0 Å². The van der Waals surface area contributed by atoms with Crippen LogP contribution in [0.25, 0.3) is 22.6 Å². The van der Waals surface area contributed by atoms with Crippen LogP contribution in [0.2, 0.25) is 0 Å². The van der Waals surface area contributed by atoms with Gasteiger partial charge in [0.05, 0.1) is 6.54 Å². The molecular formula is C23H19N3O4. The number of amides is 1. The summed E-state index contributed by atoms with van der Waals surface area (Å²) in [4.78, 5) is 12.4. The van der Waals surface area contributed by atoms with E-state index in [-0.39, 0.29) is 24.2 Å². The Labute approximate surface area is 172 Å². The molecule has 0 radical (unpaired) electrons. The van der Waals surface area contributed by atoms with E-state index >= 15 is 0 Å². The normalized spacial score (nSPS) is 14.9. The molecule has 1 N–H and O–H groups in total. The van der Waals surface area contributed by atoms with Crippen molar-refractivity contribution < 1.29 is 18.6 Å². The van der Waals surface area contributed by atoms with Crippen LogP contribution < -0.4 is 10.1 Å². The zero-order chi connectivity index (χ0) is 20.5. The molecule has 1 aliphatic rings. The van der Waals surface area contributed by atoms with Crippen molar-refractivity contribution in [1.29, 1.82) is 0 Å². The van der Waals surface area contributed by atoms with Crippen LogP contribution in [0.1, 0.15) is 28.7 Å². The molecular weight excluding hydrogens is 382 g/mol. The van der Waals surface area contributed by atoms with Crippen LogP contribution >= 0.6 is 0 Å². The van der Waals surface area contributed by atoms with Crippen molar-refractivity contribution in [1.82, 2.24) is 15.6 Å². The molecule has 0 aliphatic carbocycles. The Hall–Kier alpha value is -3.87. The van der Waals surface area contributed by atoms with E-state index in [0.717, 1.165) is 23.3 Å². The topological polar surface area (TPSA) is 90.4 Å². The number of benzene rings is 2. The Bertz CT molecular complexity index is 1200. The minimum atomic E-state index is -0.342. The molecule has 30 heavy (non-hydrogen) atoms. The number of hydrogen-bond acceptors (Lipinski definition) is 6. The molecule has 0 spiro atoms. The molecule has 1 aliphatic heterocycles. The largest absolute Gasteiger partial charge is 0.490 e. The van der Waals surface area contributed by atoms with Crippen molar-refractivity contribution in [2.75, 3.05) is 0 Å². The predicted molar refractivity (Wildman–Crippen MR) is 109 cm³/mol. The van der Waals surface area contributed by atoms with Gasteiger partial charge >= 0.3 is 0 Å². The number of ether oxygens (including phenoxy) is 1. The van der Waals surface area contributed by atoms with Crippen LogP contribution in [0.15, 0.2) is 69.7 Å². The SMILES string of the molecule is CC1Cc2ccc(-c3cc(CNC(=O)c4cc(-c5ccccc5)on4)no3)cc2O1. The Morgan fingerprint density at radius 2 is 1.80 bits per heavy atom. The number of nitrogens with zero attached hydrogens (tertiary/aromatic N) is 2. The first-order valence-corrected chi connectivity index (χ1v) is 9.71. The number of hydrogen-bond donors (Lipinski definition) is 1. The summed E-state index contributed by atoms with van der Waals surface area (Å²) >= 11 is 0. The maximum Gasteiger partial charge on any atom is 0.273 e. The molecule has 5 rings (SSSR count). The standard InChI is InChI=1S/C23H19N3O4/c1-14-9-16-7-8-17(10-20(16)28-14)21-11-18(25-29-21)13-24-23(27)19-12-22(30-26-19)15-5-3-2-4-6-15/h2-8,10-12,14H,9,13H2,1H3,(H,24,27). The average Bonchev–Trinajstić information content (AvgIpc) is 3.50. The molecule has 7 nitrogen and oxygen atoms in total. The number of carbonyl (C=O) groups excluding carboxylic acids is 1. The highest BCUT2D eigenvalue weighted by atomic mass is 16.5. The first-order chi connectivity index (χ1) is 14.7. The van der Waals surface area contributed by atoms with Gasteiger partial charge < -0.3 is 19.1 Å². The lowest BCUT2D eigenvalue weighted by atomic mass is 10.1. The summed E-state index contributed by atoms with van der Waals surface area (Å²) in [6.07, 6.45) is 1.10. The number of nitrogens with one attached hydrogen (secondary N) is 1. The van der Waals surface area contributed by atoms with Gasteiger partial charge in [0.15, 0.2) is 17.2 Å². The molecule has 1 unspecified atom stereocenters. The smallest absolute Gasteiger partial charge is 0.273 e. The predicted octanol–water partition coefficient (Wildman–Crippen LogP) is 4.25. The summed E-state index contributed by atoms with van der Waals surface area (Å²) < 4.78 is 16.5. The number of rotatable bonds is 5. The van der Waals surface area contributed by atoms with Crippen LogP contribution in [0.3, 0.4) is 0 Å². The molecule has 3 heterocycles. The molecule has 150 valence electrons. The fourth-order valence-electron chi connectivity index (χ4n) is 3.47. The monoisotopic (exact) mass is 401 g/mol. The fourth-order valence-corrected chi connectivity index (χ4v) is 3.47. The maximum absolute atomic E-state index is 12.4. The van der Waals surface area contributed by atoms with Crippen molar-refractivity contribution >= 4 is 5.91 Å². The summed E-state index contributed by atoms with van der Waals surface area (Å²) in [6, 6.07) is 18.9. The Morgan fingerprint density at radius 3 is 2.67 bits per heavy atom. The van der Waals surface area contributed by atoms with Crippen molar-refractivity contribution in [3.8, 4) is 28.4 Å². The van der Waals surface area contributed by atoms with E-state index in [1.807, 2.05) is 55.5 Å². The number of aromatic nitrogens is 2. The van der Waals surface area contributed by atoms with Crippen LogP contribution in [-0.4, -0.2) is 22.3 Å². The van der Waals surface area contributed by atoms with E-state index in [1.54, 1.807) is 12.1 Å². The summed E-state index contributed by atoms with van der Waals surface area (Å²) in [5.74, 6) is 1.70. The molecule has 0 fully saturated rings. The molecule has 1 amide bonds. The van der Waals surface area contributed by atoms with E-state index in [2.05, 4.69) is 15.6 Å². The molecule has 4 aromatic rings. The lowest BCUT2D eigenvalue weighted by Gasteiger charge is -2.03. The van der Waals surface area contributed by atoms with Crippen molar-refractivity contribution in [2.24, 2.45) is 0 Å². The third-order valence-corrected chi connectivity index (χ3v) is 4.98. The van der Waals surface area contributed by atoms with Gasteiger partial charge in [-0.25, -0.2) is 0 Å². The van der Waals surface area contributed by atoms with Crippen LogP contribution in [-0.2, 0) is 13.0 Å². The van der Waals surface area contributed by atoms with Gasteiger partial charge in [0.1, 0.15) is 17.5 Å². The highest BCUT2D eigenvalue weighted by molar-refractivity contribution is 5.93. The second-order valence-electron chi connectivity index (χ2n) is 7.26. The van der Waals surface area contributed by atoms with E-state index in [1.165, 1.54) is 5.56 Å². The van der Waals surface area contributed by atoms with E-state index in [0.29, 0.717) is 17.2 Å². The zero-order valence-corrected chi connectivity index (χ0v) is 16.3. The fraction of sp³-hybridized carbons (Fsp3) is 0.174. The van der Waals surface area contributed by atoms with Crippen molar-refractivity contribution in [3.63, 3.8) is 0 Å². The first kappa shape index (κ1) is 18.2. The maximum atomic E-state index is 12.4. The van der Waals surface area contributed by atoms with Gasteiger partial charge in [-0.3, -0.25) is 4.79 Å². The Balaban J connectivity index is 1.24. The lowest BCUT2D eigenvalue weighted by molar-refractivity contribution is 0.0941. The second-order valence-corrected chi connectivity index (χ2v) is 7.26. The third-order valence-electron chi connectivity index (χ3n) is 4.98. The highest BCUT2D eigenvalue weighted by Crippen LogP contribution is 2.33.